The van der Waals surface area contributed by atoms with E-state index in [2.05, 4.69) is 32.7 Å². The number of rotatable bonds is 9. The van der Waals surface area contributed by atoms with Crippen molar-refractivity contribution in [3.8, 4) is 17.6 Å². The maximum absolute atomic E-state index is 14.6. The van der Waals surface area contributed by atoms with Crippen molar-refractivity contribution >= 4 is 38.7 Å². The number of anilines is 2. The largest absolute Gasteiger partial charge is 0.482 e. The van der Waals surface area contributed by atoms with Gasteiger partial charge >= 0.3 is 12.4 Å². The fourth-order valence-electron chi connectivity index (χ4n) is 6.05. The van der Waals surface area contributed by atoms with Gasteiger partial charge in [-0.25, -0.2) is 4.39 Å². The van der Waals surface area contributed by atoms with Gasteiger partial charge in [-0.3, -0.25) is 9.69 Å². The van der Waals surface area contributed by atoms with E-state index >= 15 is 0 Å². The van der Waals surface area contributed by atoms with Crippen molar-refractivity contribution in [1.29, 1.82) is 0 Å². The molecule has 7 nitrogen and oxygen atoms in total. The van der Waals surface area contributed by atoms with Crippen LogP contribution in [-0.2, 0) is 11.2 Å². The highest BCUT2D eigenvalue weighted by molar-refractivity contribution is 7.20. The van der Waals surface area contributed by atoms with E-state index in [1.54, 1.807) is 12.1 Å². The lowest BCUT2D eigenvalue weighted by Gasteiger charge is -2.39. The van der Waals surface area contributed by atoms with Crippen LogP contribution in [0.15, 0.2) is 30.3 Å². The van der Waals surface area contributed by atoms with Gasteiger partial charge in [0.05, 0.1) is 52.7 Å². The highest BCUT2D eigenvalue weighted by atomic mass is 32.1. The molecule has 0 spiro atoms. The second-order valence-corrected chi connectivity index (χ2v) is 12.7. The fraction of sp³-hybridized carbons (Fsp3) is 0.485. The summed E-state index contributed by atoms with van der Waals surface area (Å²) in [6.45, 7) is 1.36. The maximum atomic E-state index is 14.6. The fourth-order valence-corrected chi connectivity index (χ4v) is 7.22. The number of morpholine rings is 1. The third kappa shape index (κ3) is 9.24. The Hall–Kier alpha value is -3.74. The molecule has 2 fully saturated rings. The summed E-state index contributed by atoms with van der Waals surface area (Å²) < 4.78 is 105. The summed E-state index contributed by atoms with van der Waals surface area (Å²) in [5.41, 5.74) is 0.0354. The van der Waals surface area contributed by atoms with Gasteiger partial charge in [-0.1, -0.05) is 24.0 Å². The molecular formula is C33H35F7N4O3S. The first-order valence-corrected chi connectivity index (χ1v) is 16.3. The Balaban J connectivity index is 1.34. The first-order chi connectivity index (χ1) is 22.8. The minimum atomic E-state index is -4.70. The topological polar surface area (TPSA) is 74.9 Å². The summed E-state index contributed by atoms with van der Waals surface area (Å²) in [5.74, 6) is 3.16. The summed E-state index contributed by atoms with van der Waals surface area (Å²) in [6.07, 6.45) is -6.51. The molecule has 0 atom stereocenters. The highest BCUT2D eigenvalue weighted by Gasteiger charge is 2.32. The lowest BCUT2D eigenvalue weighted by atomic mass is 9.89. The van der Waals surface area contributed by atoms with Crippen molar-refractivity contribution < 1.29 is 45.0 Å². The molecule has 1 saturated heterocycles. The summed E-state index contributed by atoms with van der Waals surface area (Å²) in [5, 5.41) is 8.86. The van der Waals surface area contributed by atoms with Gasteiger partial charge < -0.3 is 25.4 Å². The number of hydrogen-bond donors (Lipinski definition) is 3. The molecule has 2 aliphatic rings. The molecule has 3 N–H and O–H groups in total. The van der Waals surface area contributed by atoms with E-state index in [1.165, 1.54) is 7.05 Å². The summed E-state index contributed by atoms with van der Waals surface area (Å²) >= 11 is 1.13. The minimum absolute atomic E-state index is 0.0323. The van der Waals surface area contributed by atoms with E-state index in [9.17, 15) is 35.5 Å². The normalized spacial score (nSPS) is 19.0. The molecular weight excluding hydrogens is 665 g/mol. The Morgan fingerprint density at radius 3 is 2.44 bits per heavy atom. The number of alkyl halides is 6. The molecule has 0 radical (unpaired) electrons. The molecule has 0 unspecified atom stereocenters. The predicted octanol–water partition coefficient (Wildman–Crippen LogP) is 6.96. The van der Waals surface area contributed by atoms with Crippen molar-refractivity contribution in [2.45, 2.75) is 56.5 Å². The second kappa shape index (κ2) is 15.2. The number of benzene rings is 2. The number of ether oxygens (including phenoxy) is 2. The van der Waals surface area contributed by atoms with Crippen molar-refractivity contribution in [3.05, 3.63) is 52.2 Å². The van der Waals surface area contributed by atoms with Crippen LogP contribution in [0.1, 0.15) is 46.5 Å². The Morgan fingerprint density at radius 2 is 1.77 bits per heavy atom. The van der Waals surface area contributed by atoms with Crippen LogP contribution >= 0.6 is 11.3 Å². The third-order valence-corrected chi connectivity index (χ3v) is 9.51. The molecule has 1 saturated carbocycles. The van der Waals surface area contributed by atoms with E-state index in [-0.39, 0.29) is 28.7 Å². The number of halogens is 7. The summed E-state index contributed by atoms with van der Waals surface area (Å²) in [7, 11) is 1.23. The first-order valence-electron chi connectivity index (χ1n) is 15.5. The third-order valence-electron chi connectivity index (χ3n) is 8.32. The van der Waals surface area contributed by atoms with Crippen molar-refractivity contribution in [2.75, 3.05) is 57.1 Å². The van der Waals surface area contributed by atoms with Crippen LogP contribution < -0.4 is 20.7 Å². The van der Waals surface area contributed by atoms with Gasteiger partial charge in [0.25, 0.3) is 5.91 Å². The Morgan fingerprint density at radius 1 is 1.04 bits per heavy atom. The number of nitrogens with one attached hydrogen (secondary N) is 3. The SMILES string of the molecule is CNC(=O)c1cc(OCC(F)(F)F)c(NCC#Cc2sc3c(NC4CCC(N5CCOCC5)CC4)cccc3c2CC(F)(F)F)cc1F. The number of carbonyl (C=O) groups excluding carboxylic acids is 1. The zero-order chi connectivity index (χ0) is 34.5. The Kier molecular flexibility index (Phi) is 11.3. The zero-order valence-electron chi connectivity index (χ0n) is 26.0. The molecule has 48 heavy (non-hydrogen) atoms. The van der Waals surface area contributed by atoms with Crippen molar-refractivity contribution in [3.63, 3.8) is 0 Å². The summed E-state index contributed by atoms with van der Waals surface area (Å²) in [4.78, 5) is 14.6. The van der Waals surface area contributed by atoms with Crippen molar-refractivity contribution in [1.82, 2.24) is 10.2 Å². The summed E-state index contributed by atoms with van der Waals surface area (Å²) in [6, 6.07) is 7.51. The average Bonchev–Trinajstić information content (AvgIpc) is 3.39. The number of carbonyl (C=O) groups is 1. The zero-order valence-corrected chi connectivity index (χ0v) is 26.9. The van der Waals surface area contributed by atoms with Crippen LogP contribution in [0.2, 0.25) is 0 Å². The Bertz CT molecular complexity index is 1650. The number of nitrogens with zero attached hydrogens (tertiary/aromatic N) is 1. The van der Waals surface area contributed by atoms with Crippen LogP contribution in [0.3, 0.4) is 0 Å². The van der Waals surface area contributed by atoms with Gasteiger partial charge in [0.2, 0.25) is 0 Å². The Labute approximate surface area is 277 Å². The molecule has 5 rings (SSSR count). The molecule has 2 aromatic carbocycles. The average molecular weight is 701 g/mol. The monoisotopic (exact) mass is 700 g/mol. The quantitative estimate of drug-likeness (QED) is 0.166. The van der Waals surface area contributed by atoms with Gasteiger partial charge in [-0.2, -0.15) is 26.3 Å². The standard InChI is InChI=1S/C33H35F7N4O3S/c1-41-31(45)23-16-28(47-19-33(38,39)40)27(17-25(23)34)42-11-3-6-29-24(18-32(35,36)37)22-4-2-5-26(30(22)48-29)43-20-7-9-21(10-8-20)44-12-14-46-15-13-44/h2,4-5,16-17,20-21,42-43H,7-15,18-19H2,1H3,(H,41,45). The molecule has 260 valence electrons. The van der Waals surface area contributed by atoms with Crippen LogP contribution in [0, 0.1) is 17.7 Å². The minimum Gasteiger partial charge on any atom is -0.482 e. The second-order valence-electron chi connectivity index (χ2n) is 11.6. The molecule has 15 heteroatoms. The predicted molar refractivity (Wildman–Crippen MR) is 170 cm³/mol. The van der Waals surface area contributed by atoms with E-state index in [0.29, 0.717) is 16.1 Å². The number of amides is 1. The molecule has 1 aromatic heterocycles. The number of fused-ring (bicyclic) bond motifs is 1. The van der Waals surface area contributed by atoms with Gasteiger partial charge in [-0.05, 0) is 48.8 Å². The lowest BCUT2D eigenvalue weighted by molar-refractivity contribution is -0.153. The van der Waals surface area contributed by atoms with Gasteiger partial charge in [0.1, 0.15) is 11.6 Å². The van der Waals surface area contributed by atoms with Gasteiger partial charge in [0.15, 0.2) is 6.61 Å². The molecule has 1 amide bonds. The molecule has 1 aliphatic heterocycles. The van der Waals surface area contributed by atoms with Crippen LogP contribution in [0.25, 0.3) is 10.1 Å². The number of thiophene rings is 1. The van der Waals surface area contributed by atoms with E-state index in [1.807, 2.05) is 6.07 Å². The molecule has 1 aliphatic carbocycles. The molecule has 0 bridgehead atoms. The smallest absolute Gasteiger partial charge is 0.422 e. The van der Waals surface area contributed by atoms with Crippen LogP contribution in [0.5, 0.6) is 5.75 Å². The van der Waals surface area contributed by atoms with E-state index < -0.39 is 48.4 Å². The van der Waals surface area contributed by atoms with E-state index in [4.69, 9.17) is 9.47 Å². The van der Waals surface area contributed by atoms with E-state index in [0.717, 1.165) is 81.1 Å². The highest BCUT2D eigenvalue weighted by Crippen LogP contribution is 2.40. The van der Waals surface area contributed by atoms with Gasteiger partial charge in [0, 0.05) is 38.3 Å². The van der Waals surface area contributed by atoms with Crippen LogP contribution in [0.4, 0.5) is 42.1 Å². The van der Waals surface area contributed by atoms with Crippen LogP contribution in [-0.4, -0.2) is 81.7 Å². The van der Waals surface area contributed by atoms with Crippen molar-refractivity contribution in [2.24, 2.45) is 0 Å². The van der Waals surface area contributed by atoms with Gasteiger partial charge in [-0.15, -0.1) is 11.3 Å². The molecule has 2 heterocycles. The molecule has 3 aromatic rings. The number of hydrogen-bond acceptors (Lipinski definition) is 7. The first kappa shape index (κ1) is 35.6. The lowest BCUT2D eigenvalue weighted by Crippen LogP contribution is -2.46. The maximum Gasteiger partial charge on any atom is 0.422 e.